The molecule has 0 saturated heterocycles. The van der Waals surface area contributed by atoms with Gasteiger partial charge in [0.1, 0.15) is 0 Å². The summed E-state index contributed by atoms with van der Waals surface area (Å²) < 4.78 is 2.24. The molecule has 0 radical (unpaired) electrons. The minimum atomic E-state index is 0.253. The van der Waals surface area contributed by atoms with E-state index in [0.717, 1.165) is 15.4 Å². The molecule has 0 fully saturated rings. The maximum atomic E-state index is 3.74. The normalized spacial score (nSPS) is 16.4. The molecule has 8 rings (SSSR count). The minimum Gasteiger partial charge on any atom is -0.0622 e. The first-order valence-electron chi connectivity index (χ1n) is 14.1. The highest BCUT2D eigenvalue weighted by atomic mass is 79.9. The summed E-state index contributed by atoms with van der Waals surface area (Å²) in [6, 6.07) is 49.5. The summed E-state index contributed by atoms with van der Waals surface area (Å²) in [5.74, 6) is 0.604. The summed E-state index contributed by atoms with van der Waals surface area (Å²) in [5.41, 5.74) is 16.1. The Morgan fingerprint density at radius 1 is 0.439 bits per heavy atom. The molecule has 0 bridgehead atoms. The highest BCUT2D eigenvalue weighted by Gasteiger charge is 2.31. The summed E-state index contributed by atoms with van der Waals surface area (Å²) in [4.78, 5) is 0. The Kier molecular flexibility index (Phi) is 6.09. The van der Waals surface area contributed by atoms with E-state index in [1.165, 1.54) is 66.8 Å². The highest BCUT2D eigenvalue weighted by Crippen LogP contribution is 2.50. The van der Waals surface area contributed by atoms with Gasteiger partial charge in [0.15, 0.2) is 0 Å². The molecule has 2 unspecified atom stereocenters. The Morgan fingerprint density at radius 2 is 0.951 bits per heavy atom. The molecule has 0 saturated carbocycles. The van der Waals surface area contributed by atoms with E-state index in [1.54, 1.807) is 0 Å². The predicted molar refractivity (Wildman–Crippen MR) is 178 cm³/mol. The zero-order valence-electron chi connectivity index (χ0n) is 22.3. The van der Waals surface area contributed by atoms with E-state index >= 15 is 0 Å². The van der Waals surface area contributed by atoms with Crippen LogP contribution < -0.4 is 0 Å². The number of hydrogen-bond acceptors (Lipinski definition) is 0. The Hall–Kier alpha value is -3.72. The minimum absolute atomic E-state index is 0.253. The fraction of sp³-hybridized carbons (Fsp3) is 0.0769. The third-order valence-electron chi connectivity index (χ3n) is 8.86. The number of fused-ring (bicyclic) bond motifs is 6. The molecule has 0 spiro atoms. The summed E-state index contributed by atoms with van der Waals surface area (Å²) in [5, 5.41) is 0. The van der Waals surface area contributed by atoms with E-state index in [9.17, 15) is 0 Å². The van der Waals surface area contributed by atoms with E-state index in [0.29, 0.717) is 5.92 Å². The zero-order valence-corrected chi connectivity index (χ0v) is 25.5. The maximum Gasteiger partial charge on any atom is 0.0352 e. The highest BCUT2D eigenvalue weighted by molar-refractivity contribution is 9.10. The summed E-state index contributed by atoms with van der Waals surface area (Å²) >= 11 is 7.48. The molecule has 6 aromatic rings. The first-order valence-corrected chi connectivity index (χ1v) is 15.7. The number of halogens is 2. The molecule has 2 heteroatoms. The molecule has 6 aromatic carbocycles. The lowest BCUT2D eigenvalue weighted by molar-refractivity contribution is 0.794. The third kappa shape index (κ3) is 4.24. The van der Waals surface area contributed by atoms with Crippen molar-refractivity contribution < 1.29 is 0 Å². The van der Waals surface area contributed by atoms with Gasteiger partial charge in [-0.2, -0.15) is 0 Å². The van der Waals surface area contributed by atoms with E-state index in [2.05, 4.69) is 165 Å². The van der Waals surface area contributed by atoms with Crippen LogP contribution in [0.2, 0.25) is 0 Å². The van der Waals surface area contributed by atoms with Crippen LogP contribution in [-0.2, 0) is 6.42 Å². The second-order valence-electron chi connectivity index (χ2n) is 11.1. The largest absolute Gasteiger partial charge is 0.0622 e. The standard InChI is InChI=1S/C39H26Br2/c40-29-14-11-28-21-34(24-7-3-1-4-8-24)31-16-12-26(19-36(31)35(28)22-29)27-13-17-32-37(20-27)38-23-30(41)15-18-33(38)39(32)25-9-5-2-6-10-25/h1-20,22-23,34,39H,21H2. The lowest BCUT2D eigenvalue weighted by atomic mass is 9.75. The van der Waals surface area contributed by atoms with Crippen molar-refractivity contribution in [3.8, 4) is 33.4 Å². The van der Waals surface area contributed by atoms with Crippen LogP contribution in [0.15, 0.2) is 142 Å². The Bertz CT molecular complexity index is 1940. The Balaban J connectivity index is 1.28. The van der Waals surface area contributed by atoms with Crippen molar-refractivity contribution in [3.05, 3.63) is 176 Å². The van der Waals surface area contributed by atoms with Crippen molar-refractivity contribution >= 4 is 31.9 Å². The van der Waals surface area contributed by atoms with Gasteiger partial charge in [0, 0.05) is 20.8 Å². The third-order valence-corrected chi connectivity index (χ3v) is 9.85. The van der Waals surface area contributed by atoms with Gasteiger partial charge in [0.2, 0.25) is 0 Å². The lowest BCUT2D eigenvalue weighted by Gasteiger charge is -2.29. The Labute approximate surface area is 258 Å². The van der Waals surface area contributed by atoms with Crippen molar-refractivity contribution in [1.82, 2.24) is 0 Å². The molecule has 0 N–H and O–H groups in total. The monoisotopic (exact) mass is 652 g/mol. The van der Waals surface area contributed by atoms with Gasteiger partial charge in [-0.05, 0) is 110 Å². The van der Waals surface area contributed by atoms with Crippen molar-refractivity contribution in [1.29, 1.82) is 0 Å². The van der Waals surface area contributed by atoms with Crippen LogP contribution in [0.1, 0.15) is 45.2 Å². The molecule has 2 atom stereocenters. The molecule has 2 aliphatic rings. The average molecular weight is 654 g/mol. The zero-order chi connectivity index (χ0) is 27.5. The van der Waals surface area contributed by atoms with Gasteiger partial charge in [-0.1, -0.05) is 129 Å². The number of rotatable bonds is 3. The van der Waals surface area contributed by atoms with Gasteiger partial charge in [-0.15, -0.1) is 0 Å². The fourth-order valence-corrected chi connectivity index (χ4v) is 7.69. The van der Waals surface area contributed by atoms with Crippen LogP contribution in [-0.4, -0.2) is 0 Å². The van der Waals surface area contributed by atoms with Crippen molar-refractivity contribution in [3.63, 3.8) is 0 Å². The van der Waals surface area contributed by atoms with Crippen LogP contribution in [0.5, 0.6) is 0 Å². The van der Waals surface area contributed by atoms with Gasteiger partial charge < -0.3 is 0 Å². The van der Waals surface area contributed by atoms with Crippen molar-refractivity contribution in [2.45, 2.75) is 18.3 Å². The van der Waals surface area contributed by atoms with E-state index in [4.69, 9.17) is 0 Å². The van der Waals surface area contributed by atoms with E-state index < -0.39 is 0 Å². The van der Waals surface area contributed by atoms with Crippen molar-refractivity contribution in [2.24, 2.45) is 0 Å². The van der Waals surface area contributed by atoms with Crippen LogP contribution in [0, 0.1) is 0 Å². The topological polar surface area (TPSA) is 0 Å². The van der Waals surface area contributed by atoms with Gasteiger partial charge in [-0.3, -0.25) is 0 Å². The quantitative estimate of drug-likeness (QED) is 0.178. The van der Waals surface area contributed by atoms with Gasteiger partial charge >= 0.3 is 0 Å². The second kappa shape index (κ2) is 9.98. The Morgan fingerprint density at radius 3 is 1.63 bits per heavy atom. The molecule has 0 aromatic heterocycles. The van der Waals surface area contributed by atoms with Gasteiger partial charge in [0.25, 0.3) is 0 Å². The predicted octanol–water partition coefficient (Wildman–Crippen LogP) is 11.4. The molecular weight excluding hydrogens is 628 g/mol. The maximum absolute atomic E-state index is 3.74. The lowest BCUT2D eigenvalue weighted by Crippen LogP contribution is -2.12. The fourth-order valence-electron chi connectivity index (χ4n) is 6.97. The molecule has 0 nitrogen and oxygen atoms in total. The molecular formula is C39H26Br2. The SMILES string of the molecule is Brc1ccc2c(c1)-c1cc(-c3ccc4c(c3)-c3cc(Br)ccc3C4c3ccccc3)ccc1C(c1ccccc1)C2. The van der Waals surface area contributed by atoms with Crippen LogP contribution in [0.4, 0.5) is 0 Å². The average Bonchev–Trinajstić information content (AvgIpc) is 3.34. The first-order chi connectivity index (χ1) is 20.1. The van der Waals surface area contributed by atoms with Gasteiger partial charge in [0.05, 0.1) is 0 Å². The molecule has 0 heterocycles. The van der Waals surface area contributed by atoms with Crippen LogP contribution in [0.25, 0.3) is 33.4 Å². The van der Waals surface area contributed by atoms with Crippen LogP contribution >= 0.6 is 31.9 Å². The molecule has 0 aliphatic heterocycles. The van der Waals surface area contributed by atoms with E-state index in [1.807, 2.05) is 0 Å². The van der Waals surface area contributed by atoms with E-state index in [-0.39, 0.29) is 5.92 Å². The summed E-state index contributed by atoms with van der Waals surface area (Å²) in [7, 11) is 0. The summed E-state index contributed by atoms with van der Waals surface area (Å²) in [6.45, 7) is 0. The molecule has 41 heavy (non-hydrogen) atoms. The van der Waals surface area contributed by atoms with Crippen molar-refractivity contribution in [2.75, 3.05) is 0 Å². The molecule has 2 aliphatic carbocycles. The molecule has 0 amide bonds. The molecule has 196 valence electrons. The smallest absolute Gasteiger partial charge is 0.0352 e. The summed E-state index contributed by atoms with van der Waals surface area (Å²) in [6.07, 6.45) is 1.02. The van der Waals surface area contributed by atoms with Gasteiger partial charge in [-0.25, -0.2) is 0 Å². The second-order valence-corrected chi connectivity index (χ2v) is 13.0. The number of hydrogen-bond donors (Lipinski definition) is 0. The number of benzene rings is 6. The van der Waals surface area contributed by atoms with Crippen LogP contribution in [0.3, 0.4) is 0 Å². The first kappa shape index (κ1) is 25.0.